The smallest absolute Gasteiger partial charge is 0.127 e. The fraction of sp³-hybridized carbons (Fsp3) is 0.297. The van der Waals surface area contributed by atoms with Crippen LogP contribution >= 0.6 is 7.92 Å². The van der Waals surface area contributed by atoms with Crippen LogP contribution in [-0.4, -0.2) is 6.10 Å². The highest BCUT2D eigenvalue weighted by molar-refractivity contribution is 7.73. The van der Waals surface area contributed by atoms with E-state index in [2.05, 4.69) is 136 Å². The summed E-state index contributed by atoms with van der Waals surface area (Å²) in [6.45, 7) is 7.12. The van der Waals surface area contributed by atoms with Gasteiger partial charge in [0, 0.05) is 11.2 Å². The Balaban J connectivity index is 1.52. The topological polar surface area (TPSA) is 9.23 Å². The van der Waals surface area contributed by atoms with Gasteiger partial charge in [-0.3, -0.25) is 0 Å². The molecule has 2 heteroatoms. The number of hydrogen-bond acceptors (Lipinski definition) is 1. The zero-order chi connectivity index (χ0) is 26.8. The highest BCUT2D eigenvalue weighted by Gasteiger charge is 2.36. The third kappa shape index (κ3) is 5.35. The van der Waals surface area contributed by atoms with Crippen molar-refractivity contribution in [1.82, 2.24) is 0 Å². The number of benzene rings is 4. The lowest BCUT2D eigenvalue weighted by atomic mass is 9.75. The molecule has 4 aromatic carbocycles. The van der Waals surface area contributed by atoms with Gasteiger partial charge in [0.2, 0.25) is 0 Å². The Hall–Kier alpha value is -3.15. The first-order valence-electron chi connectivity index (χ1n) is 14.6. The zero-order valence-electron chi connectivity index (χ0n) is 23.3. The van der Waals surface area contributed by atoms with Crippen LogP contribution in [0.4, 0.5) is 0 Å². The maximum Gasteiger partial charge on any atom is 0.127 e. The largest absolute Gasteiger partial charge is 0.489 e. The molecular formula is C37H39OP. The first-order valence-corrected chi connectivity index (χ1v) is 16.0. The lowest BCUT2D eigenvalue weighted by molar-refractivity contribution is 0.0265. The van der Waals surface area contributed by atoms with Crippen molar-refractivity contribution in [3.05, 3.63) is 131 Å². The normalized spacial score (nSPS) is 22.5. The van der Waals surface area contributed by atoms with Gasteiger partial charge in [0.05, 0.1) is 0 Å². The van der Waals surface area contributed by atoms with Crippen LogP contribution in [0.15, 0.2) is 109 Å². The average Bonchev–Trinajstić information content (AvgIpc) is 3.09. The van der Waals surface area contributed by atoms with Gasteiger partial charge in [0.25, 0.3) is 0 Å². The van der Waals surface area contributed by atoms with E-state index in [0.29, 0.717) is 17.8 Å². The van der Waals surface area contributed by atoms with Crippen molar-refractivity contribution in [3.63, 3.8) is 0 Å². The van der Waals surface area contributed by atoms with Crippen molar-refractivity contribution in [2.45, 2.75) is 51.8 Å². The molecule has 0 N–H and O–H groups in total. The van der Waals surface area contributed by atoms with Gasteiger partial charge in [0.15, 0.2) is 0 Å². The molecule has 0 spiro atoms. The maximum absolute atomic E-state index is 7.15. The van der Waals surface area contributed by atoms with Crippen molar-refractivity contribution < 1.29 is 4.74 Å². The number of fused-ring (bicyclic) bond motifs is 2. The van der Waals surface area contributed by atoms with Crippen LogP contribution in [0.5, 0.6) is 0 Å². The predicted molar refractivity (Wildman–Crippen MR) is 168 cm³/mol. The Bertz CT molecular complexity index is 1380. The third-order valence-corrected chi connectivity index (χ3v) is 11.4. The summed E-state index contributed by atoms with van der Waals surface area (Å²) in [4.78, 5) is 0. The standard InChI is InChI=1S/C37H39OP/c1-26(2)31-23-22-27(3)24-35(31)38-36-25-28-14-10-11-19-32(28)37(34-21-13-12-20-33(34)36)39(29-15-6-4-7-16-29)30-17-8-5-9-18-30/h4-21,25-27,31,35,37H,22-24H2,1-3H3/t27?,31?,35?,37-/m1/s1. The molecule has 2 aliphatic rings. The molecule has 0 aliphatic heterocycles. The quantitative estimate of drug-likeness (QED) is 0.226. The van der Waals surface area contributed by atoms with Gasteiger partial charge in [-0.2, -0.15) is 0 Å². The summed E-state index contributed by atoms with van der Waals surface area (Å²) in [6.07, 6.45) is 6.29. The lowest BCUT2D eigenvalue weighted by Gasteiger charge is -2.38. The van der Waals surface area contributed by atoms with E-state index in [1.54, 1.807) is 0 Å². The predicted octanol–water partition coefficient (Wildman–Crippen LogP) is 9.20. The minimum absolute atomic E-state index is 0.223. The molecule has 1 nitrogen and oxygen atoms in total. The summed E-state index contributed by atoms with van der Waals surface area (Å²) >= 11 is 0. The van der Waals surface area contributed by atoms with Crippen LogP contribution in [0.25, 0.3) is 11.8 Å². The summed E-state index contributed by atoms with van der Waals surface area (Å²) in [7, 11) is -0.713. The summed E-state index contributed by atoms with van der Waals surface area (Å²) in [6, 6.07) is 40.3. The molecule has 0 radical (unpaired) electrons. The summed E-state index contributed by atoms with van der Waals surface area (Å²) in [5, 5.41) is 2.80. The fourth-order valence-corrected chi connectivity index (χ4v) is 9.55. The van der Waals surface area contributed by atoms with Gasteiger partial charge in [-0.25, -0.2) is 0 Å². The molecule has 3 unspecified atom stereocenters. The highest BCUT2D eigenvalue weighted by atomic mass is 31.1. The summed E-state index contributed by atoms with van der Waals surface area (Å²) in [5.74, 6) is 2.96. The van der Waals surface area contributed by atoms with Crippen molar-refractivity contribution in [2.75, 3.05) is 0 Å². The molecule has 2 aliphatic carbocycles. The zero-order valence-corrected chi connectivity index (χ0v) is 24.2. The lowest BCUT2D eigenvalue weighted by Crippen LogP contribution is -2.34. The van der Waals surface area contributed by atoms with E-state index in [-0.39, 0.29) is 11.8 Å². The first-order chi connectivity index (χ1) is 19.1. The Morgan fingerprint density at radius 3 is 1.95 bits per heavy atom. The average molecular weight is 531 g/mol. The minimum atomic E-state index is -0.713. The van der Waals surface area contributed by atoms with Gasteiger partial charge >= 0.3 is 0 Å². The SMILES string of the molecule is CC1CCC(C(C)C)C(OC2=Cc3ccccc3[C@@H](P(c3ccccc3)c3ccccc3)c3ccccc32)C1. The summed E-state index contributed by atoms with van der Waals surface area (Å²) in [5.41, 5.74) is 5.51. The fourth-order valence-electron chi connectivity index (χ4n) is 6.65. The van der Waals surface area contributed by atoms with E-state index in [0.717, 1.165) is 12.2 Å². The van der Waals surface area contributed by atoms with Crippen molar-refractivity contribution in [1.29, 1.82) is 0 Å². The van der Waals surface area contributed by atoms with E-state index < -0.39 is 7.92 Å². The molecule has 0 bridgehead atoms. The van der Waals surface area contributed by atoms with Gasteiger partial charge in [0.1, 0.15) is 11.9 Å². The van der Waals surface area contributed by atoms with Crippen LogP contribution in [0, 0.1) is 17.8 Å². The Morgan fingerprint density at radius 1 is 0.692 bits per heavy atom. The Labute approximate surface area is 235 Å². The summed E-state index contributed by atoms with van der Waals surface area (Å²) < 4.78 is 7.15. The monoisotopic (exact) mass is 530 g/mol. The van der Waals surface area contributed by atoms with Crippen molar-refractivity contribution in [2.24, 2.45) is 17.8 Å². The molecule has 1 fully saturated rings. The molecule has 4 atom stereocenters. The van der Waals surface area contributed by atoms with Crippen molar-refractivity contribution in [3.8, 4) is 0 Å². The second-order valence-electron chi connectivity index (χ2n) is 11.7. The second kappa shape index (κ2) is 11.5. The molecule has 39 heavy (non-hydrogen) atoms. The van der Waals surface area contributed by atoms with Crippen LogP contribution < -0.4 is 10.6 Å². The second-order valence-corrected chi connectivity index (χ2v) is 13.9. The van der Waals surface area contributed by atoms with E-state index in [1.807, 2.05) is 0 Å². The Kier molecular flexibility index (Phi) is 7.71. The van der Waals surface area contributed by atoms with E-state index in [1.165, 1.54) is 45.7 Å². The van der Waals surface area contributed by atoms with Gasteiger partial charge in [-0.05, 0) is 71.9 Å². The Morgan fingerprint density at radius 2 is 1.28 bits per heavy atom. The van der Waals surface area contributed by atoms with Crippen LogP contribution in [0.1, 0.15) is 67.9 Å². The van der Waals surface area contributed by atoms with Crippen molar-refractivity contribution >= 4 is 30.4 Å². The minimum Gasteiger partial charge on any atom is -0.489 e. The molecule has 198 valence electrons. The van der Waals surface area contributed by atoms with Gasteiger partial charge in [-0.1, -0.05) is 136 Å². The van der Waals surface area contributed by atoms with E-state index in [9.17, 15) is 0 Å². The molecule has 4 aromatic rings. The highest BCUT2D eigenvalue weighted by Crippen LogP contribution is 2.57. The van der Waals surface area contributed by atoms with Crippen LogP contribution in [-0.2, 0) is 4.74 Å². The third-order valence-electron chi connectivity index (χ3n) is 8.66. The van der Waals surface area contributed by atoms with E-state index >= 15 is 0 Å². The van der Waals surface area contributed by atoms with Gasteiger partial charge < -0.3 is 4.74 Å². The van der Waals surface area contributed by atoms with Crippen LogP contribution in [0.3, 0.4) is 0 Å². The molecule has 0 amide bonds. The number of rotatable bonds is 6. The molecule has 0 saturated heterocycles. The first kappa shape index (κ1) is 26.1. The molecule has 0 heterocycles. The number of ether oxygens (including phenoxy) is 1. The molecule has 6 rings (SSSR count). The molecular weight excluding hydrogens is 491 g/mol. The maximum atomic E-state index is 7.15. The number of hydrogen-bond donors (Lipinski definition) is 0. The molecule has 0 aromatic heterocycles. The van der Waals surface area contributed by atoms with E-state index in [4.69, 9.17) is 4.74 Å². The van der Waals surface area contributed by atoms with Crippen LogP contribution in [0.2, 0.25) is 0 Å². The van der Waals surface area contributed by atoms with Gasteiger partial charge in [-0.15, -0.1) is 0 Å². The molecule has 1 saturated carbocycles.